The minimum absolute atomic E-state index is 0.694. The SMILES string of the molecule is CNCc1cncc(Oc2ccc(Cl)cc2)c1. The van der Waals surface area contributed by atoms with Crippen LogP contribution in [0, 0.1) is 0 Å². The zero-order chi connectivity index (χ0) is 12.1. The molecule has 2 rings (SSSR count). The fourth-order valence-electron chi connectivity index (χ4n) is 1.46. The van der Waals surface area contributed by atoms with E-state index in [9.17, 15) is 0 Å². The second-order valence-electron chi connectivity index (χ2n) is 3.62. The Hall–Kier alpha value is -1.58. The summed E-state index contributed by atoms with van der Waals surface area (Å²) in [6.45, 7) is 0.769. The van der Waals surface area contributed by atoms with E-state index in [0.29, 0.717) is 5.02 Å². The number of rotatable bonds is 4. The van der Waals surface area contributed by atoms with Gasteiger partial charge in [-0.2, -0.15) is 0 Å². The van der Waals surface area contributed by atoms with Crippen LogP contribution in [0.15, 0.2) is 42.7 Å². The van der Waals surface area contributed by atoms with Crippen LogP contribution >= 0.6 is 11.6 Å². The van der Waals surface area contributed by atoms with Crippen LogP contribution in [0.25, 0.3) is 0 Å². The first-order chi connectivity index (χ1) is 8.28. The number of pyridine rings is 1. The van der Waals surface area contributed by atoms with E-state index in [4.69, 9.17) is 16.3 Å². The van der Waals surface area contributed by atoms with Gasteiger partial charge in [0.05, 0.1) is 6.20 Å². The summed E-state index contributed by atoms with van der Waals surface area (Å²) in [7, 11) is 1.90. The van der Waals surface area contributed by atoms with Gasteiger partial charge in [-0.1, -0.05) is 11.6 Å². The van der Waals surface area contributed by atoms with Gasteiger partial charge in [0.15, 0.2) is 0 Å². The molecule has 4 heteroatoms. The standard InChI is InChI=1S/C13H13ClN2O/c1-15-7-10-6-13(9-16-8-10)17-12-4-2-11(14)3-5-12/h2-6,8-9,15H,7H2,1H3. The topological polar surface area (TPSA) is 34.2 Å². The van der Waals surface area contributed by atoms with E-state index in [-0.39, 0.29) is 0 Å². The molecule has 88 valence electrons. The van der Waals surface area contributed by atoms with Crippen molar-refractivity contribution in [3.05, 3.63) is 53.3 Å². The van der Waals surface area contributed by atoms with Gasteiger partial charge in [0.2, 0.25) is 0 Å². The summed E-state index contributed by atoms with van der Waals surface area (Å²) in [6, 6.07) is 9.20. The van der Waals surface area contributed by atoms with Gasteiger partial charge in [-0.3, -0.25) is 4.98 Å². The van der Waals surface area contributed by atoms with Crippen molar-refractivity contribution >= 4 is 11.6 Å². The molecule has 0 spiro atoms. The predicted molar refractivity (Wildman–Crippen MR) is 68.5 cm³/mol. The lowest BCUT2D eigenvalue weighted by Crippen LogP contribution is -2.05. The van der Waals surface area contributed by atoms with E-state index in [1.807, 2.05) is 31.4 Å². The Kier molecular flexibility index (Phi) is 3.96. The van der Waals surface area contributed by atoms with E-state index in [0.717, 1.165) is 23.6 Å². The summed E-state index contributed by atoms with van der Waals surface area (Å²) in [6.07, 6.45) is 3.50. The molecule has 0 saturated carbocycles. The molecule has 0 atom stereocenters. The highest BCUT2D eigenvalue weighted by molar-refractivity contribution is 6.30. The number of benzene rings is 1. The van der Waals surface area contributed by atoms with Crippen molar-refractivity contribution in [1.82, 2.24) is 10.3 Å². The molecule has 0 unspecified atom stereocenters. The second-order valence-corrected chi connectivity index (χ2v) is 4.05. The molecule has 3 nitrogen and oxygen atoms in total. The van der Waals surface area contributed by atoms with Crippen molar-refractivity contribution in [3.63, 3.8) is 0 Å². The maximum absolute atomic E-state index is 5.80. The Morgan fingerprint density at radius 1 is 1.18 bits per heavy atom. The fourth-order valence-corrected chi connectivity index (χ4v) is 1.59. The molecule has 0 amide bonds. The highest BCUT2D eigenvalue weighted by Gasteiger charge is 1.99. The molecule has 17 heavy (non-hydrogen) atoms. The van der Waals surface area contributed by atoms with Crippen LogP contribution in [0.1, 0.15) is 5.56 Å². The van der Waals surface area contributed by atoms with Crippen molar-refractivity contribution in [2.24, 2.45) is 0 Å². The lowest BCUT2D eigenvalue weighted by molar-refractivity contribution is 0.479. The molecule has 2 aromatic rings. The van der Waals surface area contributed by atoms with E-state index < -0.39 is 0 Å². The summed E-state index contributed by atoms with van der Waals surface area (Å²) in [5.74, 6) is 1.47. The third-order valence-corrected chi connectivity index (χ3v) is 2.45. The minimum atomic E-state index is 0.694. The Balaban J connectivity index is 2.12. The molecule has 0 radical (unpaired) electrons. The van der Waals surface area contributed by atoms with Gasteiger partial charge in [0.25, 0.3) is 0 Å². The summed E-state index contributed by atoms with van der Waals surface area (Å²) in [4.78, 5) is 4.13. The van der Waals surface area contributed by atoms with Crippen LogP contribution in [0.5, 0.6) is 11.5 Å². The fraction of sp³-hybridized carbons (Fsp3) is 0.154. The number of aromatic nitrogens is 1. The van der Waals surface area contributed by atoms with Gasteiger partial charge in [0, 0.05) is 17.8 Å². The van der Waals surface area contributed by atoms with Crippen molar-refractivity contribution in [3.8, 4) is 11.5 Å². The maximum atomic E-state index is 5.80. The van der Waals surface area contributed by atoms with Crippen LogP contribution in [0.3, 0.4) is 0 Å². The quantitative estimate of drug-likeness (QED) is 0.902. The van der Waals surface area contributed by atoms with Crippen LogP contribution < -0.4 is 10.1 Å². The van der Waals surface area contributed by atoms with Crippen LogP contribution in [0.4, 0.5) is 0 Å². The van der Waals surface area contributed by atoms with Gasteiger partial charge in [0.1, 0.15) is 11.5 Å². The highest BCUT2D eigenvalue weighted by Crippen LogP contribution is 2.22. The number of nitrogens with zero attached hydrogens (tertiary/aromatic N) is 1. The third kappa shape index (κ3) is 3.44. The van der Waals surface area contributed by atoms with Crippen molar-refractivity contribution in [2.75, 3.05) is 7.05 Å². The number of halogens is 1. The molecule has 1 heterocycles. The third-order valence-electron chi connectivity index (χ3n) is 2.20. The summed E-state index contributed by atoms with van der Waals surface area (Å²) in [5, 5.41) is 3.76. The number of ether oxygens (including phenoxy) is 1. The first-order valence-electron chi connectivity index (χ1n) is 5.30. The van der Waals surface area contributed by atoms with Crippen molar-refractivity contribution < 1.29 is 4.74 Å². The Labute approximate surface area is 105 Å². The van der Waals surface area contributed by atoms with Crippen LogP contribution in [0.2, 0.25) is 5.02 Å². The molecule has 0 bridgehead atoms. The molecule has 0 saturated heterocycles. The minimum Gasteiger partial charge on any atom is -0.456 e. The van der Waals surface area contributed by atoms with E-state index in [1.54, 1.807) is 18.3 Å². The van der Waals surface area contributed by atoms with Crippen molar-refractivity contribution in [1.29, 1.82) is 0 Å². The van der Waals surface area contributed by atoms with Crippen LogP contribution in [-0.2, 0) is 6.54 Å². The first-order valence-corrected chi connectivity index (χ1v) is 5.67. The number of nitrogens with one attached hydrogen (secondary N) is 1. The largest absolute Gasteiger partial charge is 0.456 e. The van der Waals surface area contributed by atoms with E-state index in [2.05, 4.69) is 10.3 Å². The van der Waals surface area contributed by atoms with E-state index >= 15 is 0 Å². The lowest BCUT2D eigenvalue weighted by Gasteiger charge is -2.06. The monoisotopic (exact) mass is 248 g/mol. The average Bonchev–Trinajstić information content (AvgIpc) is 2.33. The van der Waals surface area contributed by atoms with Crippen molar-refractivity contribution in [2.45, 2.75) is 6.54 Å². The summed E-state index contributed by atoms with van der Waals surface area (Å²) >= 11 is 5.80. The maximum Gasteiger partial charge on any atom is 0.146 e. The molecule has 1 N–H and O–H groups in total. The highest BCUT2D eigenvalue weighted by atomic mass is 35.5. The van der Waals surface area contributed by atoms with Gasteiger partial charge in [-0.25, -0.2) is 0 Å². The Morgan fingerprint density at radius 3 is 2.65 bits per heavy atom. The van der Waals surface area contributed by atoms with Gasteiger partial charge < -0.3 is 10.1 Å². The molecule has 0 aliphatic carbocycles. The molecule has 0 fully saturated rings. The Morgan fingerprint density at radius 2 is 1.94 bits per heavy atom. The first kappa shape index (κ1) is 11.9. The zero-order valence-corrected chi connectivity index (χ0v) is 10.2. The molecular weight excluding hydrogens is 236 g/mol. The number of hydrogen-bond donors (Lipinski definition) is 1. The zero-order valence-electron chi connectivity index (χ0n) is 9.48. The molecule has 0 aliphatic heterocycles. The van der Waals surface area contributed by atoms with Crippen LogP contribution in [-0.4, -0.2) is 12.0 Å². The van der Waals surface area contributed by atoms with Gasteiger partial charge in [-0.15, -0.1) is 0 Å². The van der Waals surface area contributed by atoms with E-state index in [1.165, 1.54) is 0 Å². The summed E-state index contributed by atoms with van der Waals surface area (Å²) < 4.78 is 5.67. The second kappa shape index (κ2) is 5.66. The smallest absolute Gasteiger partial charge is 0.146 e. The van der Waals surface area contributed by atoms with Gasteiger partial charge in [-0.05, 0) is 42.9 Å². The normalized spacial score (nSPS) is 10.2. The lowest BCUT2D eigenvalue weighted by atomic mass is 10.3. The predicted octanol–water partition coefficient (Wildman–Crippen LogP) is 3.25. The summed E-state index contributed by atoms with van der Waals surface area (Å²) in [5.41, 5.74) is 1.08. The van der Waals surface area contributed by atoms with Gasteiger partial charge >= 0.3 is 0 Å². The molecule has 0 aliphatic rings. The molecular formula is C13H13ClN2O. The average molecular weight is 249 g/mol. The molecule has 1 aromatic carbocycles. The number of hydrogen-bond acceptors (Lipinski definition) is 3. The Bertz CT molecular complexity index is 485. The molecule has 1 aromatic heterocycles.